The fraction of sp³-hybridized carbons (Fsp3) is 0.786. The molecule has 0 radical (unpaired) electrons. The van der Waals surface area contributed by atoms with Crippen LogP contribution in [0.25, 0.3) is 0 Å². The maximum Gasteiger partial charge on any atom is 0.0952 e. The van der Waals surface area contributed by atoms with Crippen molar-refractivity contribution >= 4 is 0 Å². The van der Waals surface area contributed by atoms with Gasteiger partial charge in [-0.05, 0) is 45.7 Å². The molecule has 1 N–H and O–H groups in total. The maximum atomic E-state index is 10.2. The SMILES string of the molecule is Cc1ncn(CC(O)CN2CCC(C)CC2)c1C. The summed E-state index contributed by atoms with van der Waals surface area (Å²) in [7, 11) is 0. The van der Waals surface area contributed by atoms with Crippen LogP contribution in [0.15, 0.2) is 6.33 Å². The van der Waals surface area contributed by atoms with Crippen LogP contribution < -0.4 is 0 Å². The summed E-state index contributed by atoms with van der Waals surface area (Å²) in [5.41, 5.74) is 2.20. The first-order chi connectivity index (χ1) is 8.56. The van der Waals surface area contributed by atoms with Gasteiger partial charge in [0.2, 0.25) is 0 Å². The summed E-state index contributed by atoms with van der Waals surface area (Å²) >= 11 is 0. The van der Waals surface area contributed by atoms with Crippen molar-refractivity contribution in [3.8, 4) is 0 Å². The molecule has 0 saturated carbocycles. The van der Waals surface area contributed by atoms with E-state index in [1.54, 1.807) is 0 Å². The van der Waals surface area contributed by atoms with Crippen LogP contribution in [0, 0.1) is 19.8 Å². The van der Waals surface area contributed by atoms with Crippen molar-refractivity contribution < 1.29 is 5.11 Å². The Kier molecular flexibility index (Phi) is 4.40. The lowest BCUT2D eigenvalue weighted by Crippen LogP contribution is -2.39. The second kappa shape index (κ2) is 5.85. The van der Waals surface area contributed by atoms with E-state index >= 15 is 0 Å². The first-order valence-corrected chi connectivity index (χ1v) is 6.95. The topological polar surface area (TPSA) is 41.3 Å². The molecule has 4 nitrogen and oxygen atoms in total. The van der Waals surface area contributed by atoms with Crippen LogP contribution in [0.4, 0.5) is 0 Å². The predicted molar refractivity (Wildman–Crippen MR) is 72.5 cm³/mol. The zero-order valence-corrected chi connectivity index (χ0v) is 11.8. The minimum atomic E-state index is -0.300. The van der Waals surface area contributed by atoms with E-state index in [0.29, 0.717) is 6.54 Å². The van der Waals surface area contributed by atoms with Gasteiger partial charge in [0, 0.05) is 12.2 Å². The average molecular weight is 251 g/mol. The highest BCUT2D eigenvalue weighted by atomic mass is 16.3. The number of aliphatic hydroxyl groups excluding tert-OH is 1. The van der Waals surface area contributed by atoms with Crippen LogP contribution in [0.2, 0.25) is 0 Å². The van der Waals surface area contributed by atoms with Gasteiger partial charge < -0.3 is 14.6 Å². The molecule has 1 atom stereocenters. The van der Waals surface area contributed by atoms with Crippen LogP contribution in [0.5, 0.6) is 0 Å². The summed E-state index contributed by atoms with van der Waals surface area (Å²) in [6.07, 6.45) is 4.04. The number of aliphatic hydroxyl groups is 1. The molecule has 2 rings (SSSR count). The Bertz CT molecular complexity index is 380. The zero-order valence-electron chi connectivity index (χ0n) is 11.8. The molecule has 1 aromatic heterocycles. The Hall–Kier alpha value is -0.870. The predicted octanol–water partition coefficient (Wildman–Crippen LogP) is 1.59. The molecule has 1 aromatic rings. The van der Waals surface area contributed by atoms with Gasteiger partial charge in [-0.3, -0.25) is 0 Å². The molecule has 0 amide bonds. The minimum absolute atomic E-state index is 0.300. The monoisotopic (exact) mass is 251 g/mol. The third kappa shape index (κ3) is 3.33. The van der Waals surface area contributed by atoms with E-state index in [-0.39, 0.29) is 6.10 Å². The van der Waals surface area contributed by atoms with Crippen molar-refractivity contribution in [1.29, 1.82) is 0 Å². The Morgan fingerprint density at radius 2 is 2.00 bits per heavy atom. The fourth-order valence-corrected chi connectivity index (χ4v) is 2.56. The lowest BCUT2D eigenvalue weighted by Gasteiger charge is -2.31. The third-order valence-electron chi connectivity index (χ3n) is 4.10. The molecular weight excluding hydrogens is 226 g/mol. The number of hydrogen-bond acceptors (Lipinski definition) is 3. The standard InChI is InChI=1S/C14H25N3O/c1-11-4-6-16(7-5-11)8-14(18)9-17-10-15-12(2)13(17)3/h10-11,14,18H,4-9H2,1-3H3. The van der Waals surface area contributed by atoms with Gasteiger partial charge in [-0.1, -0.05) is 6.92 Å². The van der Waals surface area contributed by atoms with E-state index in [1.165, 1.54) is 12.8 Å². The van der Waals surface area contributed by atoms with Gasteiger partial charge in [-0.2, -0.15) is 0 Å². The Morgan fingerprint density at radius 1 is 1.33 bits per heavy atom. The number of aryl methyl sites for hydroxylation is 1. The summed E-state index contributed by atoms with van der Waals surface area (Å²) in [5.74, 6) is 0.844. The number of β-amino-alcohol motifs (C(OH)–C–C–N with tert-alkyl or cyclic N) is 1. The Labute approximate surface area is 110 Å². The van der Waals surface area contributed by atoms with E-state index in [2.05, 4.69) is 23.7 Å². The van der Waals surface area contributed by atoms with Gasteiger partial charge in [0.1, 0.15) is 0 Å². The normalized spacial score (nSPS) is 20.2. The van der Waals surface area contributed by atoms with Crippen molar-refractivity contribution in [3.05, 3.63) is 17.7 Å². The first kappa shape index (κ1) is 13.6. The zero-order chi connectivity index (χ0) is 13.1. The molecule has 1 saturated heterocycles. The van der Waals surface area contributed by atoms with Crippen molar-refractivity contribution in [2.24, 2.45) is 5.92 Å². The Balaban J connectivity index is 1.81. The maximum absolute atomic E-state index is 10.2. The highest BCUT2D eigenvalue weighted by Crippen LogP contribution is 2.16. The molecule has 1 fully saturated rings. The minimum Gasteiger partial charge on any atom is -0.390 e. The molecule has 1 unspecified atom stereocenters. The highest BCUT2D eigenvalue weighted by molar-refractivity contribution is 5.08. The van der Waals surface area contributed by atoms with Crippen molar-refractivity contribution in [1.82, 2.24) is 14.5 Å². The molecule has 0 aromatic carbocycles. The molecular formula is C14H25N3O. The quantitative estimate of drug-likeness (QED) is 0.883. The largest absolute Gasteiger partial charge is 0.390 e. The number of nitrogens with zero attached hydrogens (tertiary/aromatic N) is 3. The van der Waals surface area contributed by atoms with Gasteiger partial charge in [0.05, 0.1) is 24.7 Å². The average Bonchev–Trinajstić information content (AvgIpc) is 2.64. The number of imidazole rings is 1. The number of aromatic nitrogens is 2. The van der Waals surface area contributed by atoms with Crippen LogP contribution >= 0.6 is 0 Å². The summed E-state index contributed by atoms with van der Waals surface area (Å²) < 4.78 is 2.05. The lowest BCUT2D eigenvalue weighted by atomic mass is 9.99. The van der Waals surface area contributed by atoms with E-state index in [1.807, 2.05) is 17.8 Å². The van der Waals surface area contributed by atoms with E-state index in [0.717, 1.165) is 36.9 Å². The van der Waals surface area contributed by atoms with Crippen LogP contribution in [-0.4, -0.2) is 45.3 Å². The van der Waals surface area contributed by atoms with Crippen LogP contribution in [0.3, 0.4) is 0 Å². The third-order valence-corrected chi connectivity index (χ3v) is 4.10. The van der Waals surface area contributed by atoms with Crippen LogP contribution in [-0.2, 0) is 6.54 Å². The fourth-order valence-electron chi connectivity index (χ4n) is 2.56. The van der Waals surface area contributed by atoms with E-state index in [9.17, 15) is 5.11 Å². The first-order valence-electron chi connectivity index (χ1n) is 6.95. The van der Waals surface area contributed by atoms with Gasteiger partial charge in [-0.25, -0.2) is 4.98 Å². The molecule has 18 heavy (non-hydrogen) atoms. The molecule has 1 aliphatic heterocycles. The summed E-state index contributed by atoms with van der Waals surface area (Å²) in [6, 6.07) is 0. The molecule has 102 valence electrons. The van der Waals surface area contributed by atoms with Crippen LogP contribution in [0.1, 0.15) is 31.2 Å². The summed E-state index contributed by atoms with van der Waals surface area (Å²) in [6.45, 7) is 10.1. The second-order valence-corrected chi connectivity index (χ2v) is 5.70. The van der Waals surface area contributed by atoms with E-state index in [4.69, 9.17) is 0 Å². The molecule has 0 spiro atoms. The van der Waals surface area contributed by atoms with Crippen molar-refractivity contribution in [3.63, 3.8) is 0 Å². The molecule has 0 bridgehead atoms. The number of rotatable bonds is 4. The molecule has 0 aliphatic carbocycles. The smallest absolute Gasteiger partial charge is 0.0952 e. The number of piperidine rings is 1. The van der Waals surface area contributed by atoms with Gasteiger partial charge in [0.25, 0.3) is 0 Å². The van der Waals surface area contributed by atoms with Gasteiger partial charge >= 0.3 is 0 Å². The number of hydrogen-bond donors (Lipinski definition) is 1. The van der Waals surface area contributed by atoms with Gasteiger partial charge in [-0.15, -0.1) is 0 Å². The lowest BCUT2D eigenvalue weighted by molar-refractivity contribution is 0.0798. The second-order valence-electron chi connectivity index (χ2n) is 5.70. The van der Waals surface area contributed by atoms with Gasteiger partial charge in [0.15, 0.2) is 0 Å². The molecule has 4 heteroatoms. The highest BCUT2D eigenvalue weighted by Gasteiger charge is 2.18. The van der Waals surface area contributed by atoms with Crippen molar-refractivity contribution in [2.75, 3.05) is 19.6 Å². The molecule has 1 aliphatic rings. The molecule has 2 heterocycles. The summed E-state index contributed by atoms with van der Waals surface area (Å²) in [5, 5.41) is 10.2. The summed E-state index contributed by atoms with van der Waals surface area (Å²) in [4.78, 5) is 6.64. The Morgan fingerprint density at radius 3 is 2.56 bits per heavy atom. The van der Waals surface area contributed by atoms with Crippen molar-refractivity contribution in [2.45, 2.75) is 46.3 Å². The van der Waals surface area contributed by atoms with E-state index < -0.39 is 0 Å². The number of likely N-dealkylation sites (tertiary alicyclic amines) is 1.